The Morgan fingerprint density at radius 3 is 2.21 bits per heavy atom. The molecule has 1 heterocycles. The van der Waals surface area contributed by atoms with Crippen LogP contribution in [0.3, 0.4) is 0 Å². The van der Waals surface area contributed by atoms with Crippen LogP contribution in [0.2, 0.25) is 0 Å². The summed E-state index contributed by atoms with van der Waals surface area (Å²) in [7, 11) is 0. The fourth-order valence-electron chi connectivity index (χ4n) is 2.75. The summed E-state index contributed by atoms with van der Waals surface area (Å²) in [6.45, 7) is 16.8. The smallest absolute Gasteiger partial charge is 0.0110 e. The van der Waals surface area contributed by atoms with Gasteiger partial charge in [0.1, 0.15) is 0 Å². The lowest BCUT2D eigenvalue weighted by Crippen LogP contribution is -2.48. The lowest BCUT2D eigenvalue weighted by Gasteiger charge is -2.35. The van der Waals surface area contributed by atoms with Gasteiger partial charge < -0.3 is 10.2 Å². The Bertz CT molecular complexity index is 198. The van der Waals surface area contributed by atoms with Crippen LogP contribution >= 0.6 is 0 Å². The monoisotopic (exact) mass is 269 g/mol. The third-order valence-corrected chi connectivity index (χ3v) is 3.90. The quantitative estimate of drug-likeness (QED) is 0.615. The summed E-state index contributed by atoms with van der Waals surface area (Å²) in [6, 6.07) is 0. The topological polar surface area (TPSA) is 18.5 Å². The van der Waals surface area contributed by atoms with E-state index in [1.165, 1.54) is 71.5 Å². The molecule has 0 spiro atoms. The fourth-order valence-corrected chi connectivity index (χ4v) is 2.75. The number of nitrogens with zero attached hydrogens (tertiary/aromatic N) is 2. The highest BCUT2D eigenvalue weighted by Crippen LogP contribution is 2.04. The van der Waals surface area contributed by atoms with E-state index in [4.69, 9.17) is 0 Å². The molecule has 1 fully saturated rings. The van der Waals surface area contributed by atoms with E-state index in [2.05, 4.69) is 35.9 Å². The van der Waals surface area contributed by atoms with Crippen LogP contribution in [-0.2, 0) is 0 Å². The molecule has 114 valence electrons. The minimum atomic E-state index is 0.802. The molecule has 0 radical (unpaired) electrons. The van der Waals surface area contributed by atoms with Crippen molar-refractivity contribution in [3.05, 3.63) is 0 Å². The van der Waals surface area contributed by atoms with E-state index in [0.717, 1.165) is 12.5 Å². The molecule has 19 heavy (non-hydrogen) atoms. The summed E-state index contributed by atoms with van der Waals surface area (Å²) in [4.78, 5) is 5.22. The van der Waals surface area contributed by atoms with Crippen LogP contribution in [0, 0.1) is 5.92 Å². The molecular formula is C16H35N3. The lowest BCUT2D eigenvalue weighted by molar-refractivity contribution is 0.123. The van der Waals surface area contributed by atoms with Crippen molar-refractivity contribution >= 4 is 0 Å². The van der Waals surface area contributed by atoms with Crippen molar-refractivity contribution in [2.24, 2.45) is 5.92 Å². The Hall–Kier alpha value is -0.120. The van der Waals surface area contributed by atoms with Crippen LogP contribution in [-0.4, -0.2) is 62.2 Å². The third-order valence-electron chi connectivity index (χ3n) is 3.90. The normalized spacial score (nSPS) is 18.3. The molecular weight excluding hydrogens is 234 g/mol. The van der Waals surface area contributed by atoms with E-state index in [9.17, 15) is 0 Å². The summed E-state index contributed by atoms with van der Waals surface area (Å²) in [5.74, 6) is 0.802. The SMILES string of the molecule is CCCCCCNCCN1CCN(CC(C)C)CC1. The molecule has 0 aromatic carbocycles. The van der Waals surface area contributed by atoms with E-state index in [1.807, 2.05) is 0 Å². The maximum Gasteiger partial charge on any atom is 0.0110 e. The molecule has 1 aliphatic heterocycles. The maximum atomic E-state index is 3.58. The van der Waals surface area contributed by atoms with Crippen LogP contribution in [0.15, 0.2) is 0 Å². The van der Waals surface area contributed by atoms with E-state index in [0.29, 0.717) is 0 Å². The zero-order valence-corrected chi connectivity index (χ0v) is 13.5. The van der Waals surface area contributed by atoms with Gasteiger partial charge in [0.2, 0.25) is 0 Å². The van der Waals surface area contributed by atoms with Gasteiger partial charge in [-0.15, -0.1) is 0 Å². The standard InChI is InChI=1S/C16H35N3/c1-4-5-6-7-8-17-9-10-18-11-13-19(14-12-18)15-16(2)3/h16-17H,4-15H2,1-3H3. The zero-order valence-electron chi connectivity index (χ0n) is 13.5. The van der Waals surface area contributed by atoms with E-state index < -0.39 is 0 Å². The average Bonchev–Trinajstić information content (AvgIpc) is 2.39. The Balaban J connectivity index is 1.92. The Morgan fingerprint density at radius 2 is 1.58 bits per heavy atom. The van der Waals surface area contributed by atoms with E-state index in [1.54, 1.807) is 0 Å². The molecule has 0 unspecified atom stereocenters. The number of unbranched alkanes of at least 4 members (excludes halogenated alkanes) is 3. The molecule has 0 amide bonds. The molecule has 0 aliphatic carbocycles. The van der Waals surface area contributed by atoms with E-state index in [-0.39, 0.29) is 0 Å². The first-order chi connectivity index (χ1) is 9.22. The fraction of sp³-hybridized carbons (Fsp3) is 1.00. The highest BCUT2D eigenvalue weighted by Gasteiger charge is 2.16. The number of piperazine rings is 1. The second-order valence-electron chi connectivity index (χ2n) is 6.35. The van der Waals surface area contributed by atoms with Gasteiger partial charge in [-0.1, -0.05) is 40.0 Å². The van der Waals surface area contributed by atoms with Gasteiger partial charge >= 0.3 is 0 Å². The molecule has 1 N–H and O–H groups in total. The summed E-state index contributed by atoms with van der Waals surface area (Å²) < 4.78 is 0. The molecule has 0 bridgehead atoms. The van der Waals surface area contributed by atoms with Gasteiger partial charge in [-0.2, -0.15) is 0 Å². The molecule has 0 atom stereocenters. The van der Waals surface area contributed by atoms with Crippen molar-refractivity contribution < 1.29 is 0 Å². The van der Waals surface area contributed by atoms with Crippen molar-refractivity contribution in [1.82, 2.24) is 15.1 Å². The van der Waals surface area contributed by atoms with Gasteiger partial charge in [-0.25, -0.2) is 0 Å². The first-order valence-electron chi connectivity index (χ1n) is 8.37. The molecule has 3 heteroatoms. The van der Waals surface area contributed by atoms with Crippen molar-refractivity contribution in [1.29, 1.82) is 0 Å². The molecule has 0 aromatic heterocycles. The summed E-state index contributed by atoms with van der Waals surface area (Å²) >= 11 is 0. The van der Waals surface area contributed by atoms with Crippen molar-refractivity contribution in [3.63, 3.8) is 0 Å². The minimum Gasteiger partial charge on any atom is -0.315 e. The maximum absolute atomic E-state index is 3.58. The van der Waals surface area contributed by atoms with Crippen molar-refractivity contribution in [2.75, 3.05) is 52.4 Å². The van der Waals surface area contributed by atoms with Crippen LogP contribution in [0.1, 0.15) is 46.5 Å². The molecule has 3 nitrogen and oxygen atoms in total. The van der Waals surface area contributed by atoms with Crippen molar-refractivity contribution in [2.45, 2.75) is 46.5 Å². The van der Waals surface area contributed by atoms with Gasteiger partial charge in [0.15, 0.2) is 0 Å². The Labute approximate surface area is 120 Å². The van der Waals surface area contributed by atoms with Gasteiger partial charge in [-0.05, 0) is 18.9 Å². The Kier molecular flexibility index (Phi) is 9.48. The number of hydrogen-bond acceptors (Lipinski definition) is 3. The molecule has 0 saturated carbocycles. The van der Waals surface area contributed by atoms with Gasteiger partial charge in [0, 0.05) is 45.8 Å². The summed E-state index contributed by atoms with van der Waals surface area (Å²) in [5, 5.41) is 3.58. The predicted octanol–water partition coefficient (Wildman–Crippen LogP) is 2.43. The second kappa shape index (κ2) is 10.6. The summed E-state index contributed by atoms with van der Waals surface area (Å²) in [6.07, 6.45) is 5.45. The second-order valence-corrected chi connectivity index (χ2v) is 6.35. The largest absolute Gasteiger partial charge is 0.315 e. The number of nitrogens with one attached hydrogen (secondary N) is 1. The zero-order chi connectivity index (χ0) is 13.9. The van der Waals surface area contributed by atoms with Crippen LogP contribution in [0.4, 0.5) is 0 Å². The molecule has 1 aliphatic rings. The van der Waals surface area contributed by atoms with E-state index >= 15 is 0 Å². The molecule has 1 saturated heterocycles. The van der Waals surface area contributed by atoms with Crippen LogP contribution in [0.5, 0.6) is 0 Å². The number of hydrogen-bond donors (Lipinski definition) is 1. The number of rotatable bonds is 10. The van der Waals surface area contributed by atoms with Gasteiger partial charge in [0.05, 0.1) is 0 Å². The predicted molar refractivity (Wildman–Crippen MR) is 84.7 cm³/mol. The first-order valence-corrected chi connectivity index (χ1v) is 8.37. The minimum absolute atomic E-state index is 0.802. The molecule has 1 rings (SSSR count). The molecule has 0 aromatic rings. The first kappa shape index (κ1) is 16.9. The van der Waals surface area contributed by atoms with Crippen LogP contribution in [0.25, 0.3) is 0 Å². The average molecular weight is 269 g/mol. The Morgan fingerprint density at radius 1 is 0.895 bits per heavy atom. The van der Waals surface area contributed by atoms with Gasteiger partial charge in [0.25, 0.3) is 0 Å². The van der Waals surface area contributed by atoms with Gasteiger partial charge in [-0.3, -0.25) is 4.90 Å². The third kappa shape index (κ3) is 8.61. The highest BCUT2D eigenvalue weighted by atomic mass is 15.3. The lowest BCUT2D eigenvalue weighted by atomic mass is 10.2. The van der Waals surface area contributed by atoms with Crippen molar-refractivity contribution in [3.8, 4) is 0 Å². The van der Waals surface area contributed by atoms with Crippen LogP contribution < -0.4 is 5.32 Å². The summed E-state index contributed by atoms with van der Waals surface area (Å²) in [5.41, 5.74) is 0. The highest BCUT2D eigenvalue weighted by molar-refractivity contribution is 4.73.